The van der Waals surface area contributed by atoms with Crippen molar-refractivity contribution >= 4 is 27.8 Å². The Bertz CT molecular complexity index is 898. The summed E-state index contributed by atoms with van der Waals surface area (Å²) >= 11 is 0. The Morgan fingerprint density at radius 2 is 2.17 bits per heavy atom. The number of nitrogens with zero attached hydrogens (tertiary/aromatic N) is 4. The first-order chi connectivity index (χ1) is 11.3. The van der Waals surface area contributed by atoms with E-state index in [1.54, 1.807) is 6.20 Å². The van der Waals surface area contributed by atoms with Crippen LogP contribution in [0, 0.1) is 0 Å². The molecule has 7 nitrogen and oxygen atoms in total. The molecule has 3 atom stereocenters. The lowest BCUT2D eigenvalue weighted by atomic mass is 10.1. The van der Waals surface area contributed by atoms with Crippen molar-refractivity contribution in [1.82, 2.24) is 29.3 Å². The molecular weight excluding hydrogens is 312 g/mol. The molecule has 2 fully saturated rings. The summed E-state index contributed by atoms with van der Waals surface area (Å²) in [6.07, 6.45) is 8.90. The Kier molecular flexibility index (Phi) is 3.02. The standard InChI is InChI=1S/C15H18N6OS/c22-23(11-3-4-11)20-10-2-1-9(7-10)15-19-18-13-8-17-14-12(21(13)15)5-6-16-14/h5-6,8-11,16,20H,1-4,7H2. The highest BCUT2D eigenvalue weighted by atomic mass is 32.2. The van der Waals surface area contributed by atoms with Crippen LogP contribution in [0.2, 0.25) is 0 Å². The van der Waals surface area contributed by atoms with Crippen LogP contribution in [0.3, 0.4) is 0 Å². The Labute approximate surface area is 135 Å². The number of rotatable bonds is 4. The third-order valence-electron chi connectivity index (χ3n) is 4.87. The molecule has 2 N–H and O–H groups in total. The van der Waals surface area contributed by atoms with E-state index in [4.69, 9.17) is 0 Å². The summed E-state index contributed by atoms with van der Waals surface area (Å²) < 4.78 is 17.5. The zero-order valence-electron chi connectivity index (χ0n) is 12.6. The summed E-state index contributed by atoms with van der Waals surface area (Å²) in [4.78, 5) is 7.49. The van der Waals surface area contributed by atoms with Gasteiger partial charge in [0.2, 0.25) is 0 Å². The fraction of sp³-hybridized carbons (Fsp3) is 0.533. The zero-order valence-corrected chi connectivity index (χ0v) is 13.4. The highest BCUT2D eigenvalue weighted by Gasteiger charge is 2.34. The van der Waals surface area contributed by atoms with E-state index >= 15 is 0 Å². The van der Waals surface area contributed by atoms with Gasteiger partial charge in [0.1, 0.15) is 5.82 Å². The molecule has 2 saturated carbocycles. The van der Waals surface area contributed by atoms with Crippen LogP contribution >= 0.6 is 0 Å². The Balaban J connectivity index is 1.44. The van der Waals surface area contributed by atoms with Crippen LogP contribution in [0.25, 0.3) is 16.8 Å². The van der Waals surface area contributed by atoms with Crippen LogP contribution < -0.4 is 4.72 Å². The Morgan fingerprint density at radius 3 is 3.04 bits per heavy atom. The number of aromatic amines is 1. The second kappa shape index (κ2) is 5.10. The normalized spacial score (nSPS) is 26.3. The maximum absolute atomic E-state index is 12.1. The molecule has 0 saturated heterocycles. The number of fused-ring (bicyclic) bond motifs is 3. The summed E-state index contributed by atoms with van der Waals surface area (Å²) in [6.45, 7) is 0. The lowest BCUT2D eigenvalue weighted by Crippen LogP contribution is -2.30. The average Bonchev–Trinajstić information content (AvgIpc) is 2.97. The van der Waals surface area contributed by atoms with Crippen molar-refractivity contribution in [2.24, 2.45) is 0 Å². The third kappa shape index (κ3) is 2.28. The first kappa shape index (κ1) is 13.6. The molecule has 3 aromatic rings. The van der Waals surface area contributed by atoms with Gasteiger partial charge in [-0.25, -0.2) is 13.9 Å². The van der Waals surface area contributed by atoms with Gasteiger partial charge >= 0.3 is 0 Å². The topological polar surface area (TPSA) is 88.0 Å². The van der Waals surface area contributed by atoms with Crippen LogP contribution in [-0.2, 0) is 11.0 Å². The van der Waals surface area contributed by atoms with Gasteiger partial charge in [-0.1, -0.05) is 0 Å². The lowest BCUT2D eigenvalue weighted by Gasteiger charge is -2.12. The average molecular weight is 330 g/mol. The number of hydrogen-bond donors (Lipinski definition) is 2. The second-order valence-electron chi connectivity index (χ2n) is 6.54. The SMILES string of the molecule is O=S(NC1CCC(c2nnc3cnc4[nH]ccc4n23)C1)C1CC1. The van der Waals surface area contributed by atoms with Crippen molar-refractivity contribution in [2.75, 3.05) is 0 Å². The monoisotopic (exact) mass is 330 g/mol. The lowest BCUT2D eigenvalue weighted by molar-refractivity contribution is 0.597. The summed E-state index contributed by atoms with van der Waals surface area (Å²) in [7, 11) is -0.863. The van der Waals surface area contributed by atoms with E-state index in [-0.39, 0.29) is 0 Å². The molecule has 0 aromatic carbocycles. The molecule has 0 amide bonds. The fourth-order valence-electron chi connectivity index (χ4n) is 3.53. The first-order valence-corrected chi connectivity index (χ1v) is 9.35. The Morgan fingerprint density at radius 1 is 1.26 bits per heavy atom. The van der Waals surface area contributed by atoms with Crippen LogP contribution in [-0.4, -0.2) is 40.1 Å². The van der Waals surface area contributed by atoms with E-state index < -0.39 is 11.0 Å². The van der Waals surface area contributed by atoms with Gasteiger partial charge in [-0.3, -0.25) is 4.40 Å². The molecule has 3 heterocycles. The predicted octanol–water partition coefficient (Wildman–Crippen LogP) is 1.66. The fourth-order valence-corrected chi connectivity index (χ4v) is 4.83. The summed E-state index contributed by atoms with van der Waals surface area (Å²) in [5.41, 5.74) is 2.64. The molecule has 0 radical (unpaired) electrons. The van der Waals surface area contributed by atoms with Crippen molar-refractivity contribution in [3.8, 4) is 0 Å². The second-order valence-corrected chi connectivity index (χ2v) is 8.04. The molecular formula is C15H18N6OS. The van der Waals surface area contributed by atoms with Crippen molar-refractivity contribution in [1.29, 1.82) is 0 Å². The van der Waals surface area contributed by atoms with Gasteiger partial charge < -0.3 is 4.98 Å². The van der Waals surface area contributed by atoms with E-state index in [0.29, 0.717) is 17.2 Å². The summed E-state index contributed by atoms with van der Waals surface area (Å²) in [5, 5.41) is 9.08. The van der Waals surface area contributed by atoms with Gasteiger partial charge in [-0.05, 0) is 38.2 Å². The number of nitrogens with one attached hydrogen (secondary N) is 2. The molecule has 0 spiro atoms. The molecule has 3 aromatic heterocycles. The molecule has 2 aliphatic carbocycles. The van der Waals surface area contributed by atoms with Gasteiger partial charge in [0, 0.05) is 23.4 Å². The highest BCUT2D eigenvalue weighted by molar-refractivity contribution is 7.84. The Hall–Kier alpha value is -1.80. The first-order valence-electron chi connectivity index (χ1n) is 8.13. The van der Waals surface area contributed by atoms with E-state index in [1.807, 2.05) is 12.3 Å². The van der Waals surface area contributed by atoms with Crippen LogP contribution in [0.4, 0.5) is 0 Å². The molecule has 0 bridgehead atoms. The van der Waals surface area contributed by atoms with Gasteiger partial charge in [0.25, 0.3) is 0 Å². The van der Waals surface area contributed by atoms with Crippen LogP contribution in [0.1, 0.15) is 43.8 Å². The zero-order chi connectivity index (χ0) is 15.4. The third-order valence-corrected chi connectivity index (χ3v) is 6.52. The molecule has 120 valence electrons. The molecule has 2 aliphatic rings. The van der Waals surface area contributed by atoms with Gasteiger partial charge in [-0.15, -0.1) is 10.2 Å². The smallest absolute Gasteiger partial charge is 0.179 e. The van der Waals surface area contributed by atoms with Gasteiger partial charge in [0.15, 0.2) is 11.3 Å². The molecule has 8 heteroatoms. The van der Waals surface area contributed by atoms with Crippen LogP contribution in [0.5, 0.6) is 0 Å². The quantitative estimate of drug-likeness (QED) is 0.761. The summed E-state index contributed by atoms with van der Waals surface area (Å²) in [6, 6.07) is 2.33. The van der Waals surface area contributed by atoms with Gasteiger partial charge in [-0.2, -0.15) is 0 Å². The number of hydrogen-bond acceptors (Lipinski definition) is 4. The maximum atomic E-state index is 12.1. The van der Waals surface area contributed by atoms with Crippen LogP contribution in [0.15, 0.2) is 18.5 Å². The van der Waals surface area contributed by atoms with Crippen molar-refractivity contribution in [3.63, 3.8) is 0 Å². The number of H-pyrrole nitrogens is 1. The van der Waals surface area contributed by atoms with Gasteiger partial charge in [0.05, 0.1) is 22.7 Å². The molecule has 5 rings (SSSR count). The number of aromatic nitrogens is 5. The van der Waals surface area contributed by atoms with Crippen molar-refractivity contribution in [2.45, 2.75) is 49.3 Å². The van der Waals surface area contributed by atoms with E-state index in [2.05, 4.69) is 29.3 Å². The minimum Gasteiger partial charge on any atom is -0.345 e. The molecule has 0 aliphatic heterocycles. The highest BCUT2D eigenvalue weighted by Crippen LogP contribution is 2.35. The predicted molar refractivity (Wildman–Crippen MR) is 87.3 cm³/mol. The minimum absolute atomic E-state index is 0.317. The van der Waals surface area contributed by atoms with E-state index in [0.717, 1.165) is 54.7 Å². The van der Waals surface area contributed by atoms with Crippen molar-refractivity contribution < 1.29 is 4.21 Å². The van der Waals surface area contributed by atoms with E-state index in [9.17, 15) is 4.21 Å². The largest absolute Gasteiger partial charge is 0.345 e. The van der Waals surface area contributed by atoms with E-state index in [1.165, 1.54) is 0 Å². The molecule has 23 heavy (non-hydrogen) atoms. The summed E-state index contributed by atoms with van der Waals surface area (Å²) in [5.74, 6) is 1.34. The minimum atomic E-state index is -0.863. The molecule has 3 unspecified atom stereocenters. The maximum Gasteiger partial charge on any atom is 0.179 e. The van der Waals surface area contributed by atoms with Crippen molar-refractivity contribution in [3.05, 3.63) is 24.3 Å².